The van der Waals surface area contributed by atoms with Gasteiger partial charge in [0, 0.05) is 35.8 Å². The molecule has 138 valence electrons. The number of carbonyl (C=O) groups excluding carboxylic acids is 1. The van der Waals surface area contributed by atoms with Gasteiger partial charge in [-0.05, 0) is 47.9 Å². The van der Waals surface area contributed by atoms with Crippen LogP contribution in [0.3, 0.4) is 0 Å². The monoisotopic (exact) mass is 399 g/mol. The number of carbonyl (C=O) groups is 1. The highest BCUT2D eigenvalue weighted by molar-refractivity contribution is 7.90. The molecule has 8 heteroatoms. The van der Waals surface area contributed by atoms with Gasteiger partial charge >= 0.3 is 0 Å². The average molecular weight is 399 g/mol. The Balaban J connectivity index is 2.02. The summed E-state index contributed by atoms with van der Waals surface area (Å²) in [6, 6.07) is 8.13. The number of hydrogen-bond donors (Lipinski definition) is 1. The molecule has 0 saturated carbocycles. The van der Waals surface area contributed by atoms with Crippen LogP contribution >= 0.6 is 11.3 Å². The van der Waals surface area contributed by atoms with E-state index >= 15 is 0 Å². The van der Waals surface area contributed by atoms with Crippen LogP contribution in [0.15, 0.2) is 59.2 Å². The van der Waals surface area contributed by atoms with E-state index in [0.717, 1.165) is 17.4 Å². The maximum atomic E-state index is 12.8. The molecular weight excluding hydrogens is 382 g/mol. The number of aromatic nitrogens is 2. The molecule has 0 aliphatic rings. The molecule has 3 aromatic rings. The lowest BCUT2D eigenvalue weighted by Crippen LogP contribution is -2.13. The zero-order valence-corrected chi connectivity index (χ0v) is 16.3. The minimum Gasteiger partial charge on any atom is -0.298 e. The molecular formula is C19H17N3O3S2. The highest BCUT2D eigenvalue weighted by atomic mass is 32.2. The number of hydrogen-bond acceptors (Lipinski definition) is 6. The van der Waals surface area contributed by atoms with Crippen LogP contribution in [0.1, 0.15) is 16.7 Å². The lowest BCUT2D eigenvalue weighted by atomic mass is 10.0. The number of pyridine rings is 1. The number of benzene rings is 1. The highest BCUT2D eigenvalue weighted by Gasteiger charge is 2.15. The van der Waals surface area contributed by atoms with E-state index in [1.165, 1.54) is 23.5 Å². The predicted octanol–water partition coefficient (Wildman–Crippen LogP) is 3.43. The van der Waals surface area contributed by atoms with Crippen LogP contribution in [-0.2, 0) is 14.6 Å². The molecule has 6 nitrogen and oxygen atoms in total. The van der Waals surface area contributed by atoms with Crippen LogP contribution < -0.4 is 5.32 Å². The van der Waals surface area contributed by atoms with Crippen molar-refractivity contribution in [2.24, 2.45) is 0 Å². The van der Waals surface area contributed by atoms with Gasteiger partial charge in [0.15, 0.2) is 15.0 Å². The van der Waals surface area contributed by atoms with Gasteiger partial charge in [0.2, 0.25) is 0 Å². The lowest BCUT2D eigenvalue weighted by molar-refractivity contribution is -0.111. The minimum absolute atomic E-state index is 0.197. The Hall–Kier alpha value is -2.84. The van der Waals surface area contributed by atoms with E-state index in [1.807, 2.05) is 13.0 Å². The second-order valence-corrected chi connectivity index (χ2v) is 8.85. The zero-order chi connectivity index (χ0) is 19.4. The Morgan fingerprint density at radius 3 is 2.52 bits per heavy atom. The van der Waals surface area contributed by atoms with Gasteiger partial charge in [0.25, 0.3) is 5.91 Å². The first kappa shape index (κ1) is 18.9. The molecule has 0 fully saturated rings. The number of nitrogens with zero attached hydrogens (tertiary/aromatic N) is 2. The normalized spacial score (nSPS) is 12.0. The lowest BCUT2D eigenvalue weighted by Gasteiger charge is -2.09. The molecule has 0 aliphatic heterocycles. The second kappa shape index (κ2) is 7.81. The first-order valence-electron chi connectivity index (χ1n) is 7.97. The summed E-state index contributed by atoms with van der Waals surface area (Å²) in [5.41, 5.74) is 2.72. The van der Waals surface area contributed by atoms with Gasteiger partial charge in [-0.2, -0.15) is 0 Å². The summed E-state index contributed by atoms with van der Waals surface area (Å²) in [7, 11) is -3.31. The molecule has 0 bridgehead atoms. The summed E-state index contributed by atoms with van der Waals surface area (Å²) in [5, 5.41) is 5.02. The molecule has 2 heterocycles. The van der Waals surface area contributed by atoms with Crippen LogP contribution in [0.25, 0.3) is 11.6 Å². The van der Waals surface area contributed by atoms with Crippen molar-refractivity contribution in [3.8, 4) is 0 Å². The van der Waals surface area contributed by atoms with E-state index < -0.39 is 9.84 Å². The molecule has 1 aromatic carbocycles. The molecule has 0 saturated heterocycles. The molecule has 0 spiro atoms. The maximum absolute atomic E-state index is 12.8. The van der Waals surface area contributed by atoms with Gasteiger partial charge in [-0.3, -0.25) is 15.1 Å². The van der Waals surface area contributed by atoms with Crippen LogP contribution in [-0.4, -0.2) is 30.5 Å². The van der Waals surface area contributed by atoms with Crippen LogP contribution in [0.4, 0.5) is 5.13 Å². The summed E-state index contributed by atoms with van der Waals surface area (Å²) in [5.74, 6) is -0.335. The zero-order valence-electron chi connectivity index (χ0n) is 14.7. The van der Waals surface area contributed by atoms with E-state index in [0.29, 0.717) is 16.3 Å². The first-order valence-corrected chi connectivity index (χ1v) is 10.7. The molecule has 3 rings (SSSR count). The van der Waals surface area contributed by atoms with Crippen molar-refractivity contribution in [1.82, 2.24) is 9.97 Å². The maximum Gasteiger partial charge on any atom is 0.258 e. The van der Waals surface area contributed by atoms with Crippen molar-refractivity contribution < 1.29 is 13.2 Å². The van der Waals surface area contributed by atoms with Crippen LogP contribution in [0, 0.1) is 6.92 Å². The molecule has 1 amide bonds. The Labute approximate surface area is 161 Å². The number of thiazole rings is 1. The topological polar surface area (TPSA) is 89.0 Å². The van der Waals surface area contributed by atoms with Crippen molar-refractivity contribution >= 4 is 43.9 Å². The van der Waals surface area contributed by atoms with E-state index in [-0.39, 0.29) is 10.8 Å². The number of anilines is 1. The summed E-state index contributed by atoms with van der Waals surface area (Å²) >= 11 is 1.32. The van der Waals surface area contributed by atoms with E-state index in [2.05, 4.69) is 15.3 Å². The minimum atomic E-state index is -3.31. The fraction of sp³-hybridized carbons (Fsp3) is 0.105. The predicted molar refractivity (Wildman–Crippen MR) is 107 cm³/mol. The average Bonchev–Trinajstić information content (AvgIpc) is 3.12. The summed E-state index contributed by atoms with van der Waals surface area (Å²) < 4.78 is 23.4. The van der Waals surface area contributed by atoms with Gasteiger partial charge in [-0.15, -0.1) is 11.3 Å². The first-order chi connectivity index (χ1) is 12.8. The fourth-order valence-corrected chi connectivity index (χ4v) is 3.59. The molecule has 0 unspecified atom stereocenters. The second-order valence-electron chi connectivity index (χ2n) is 5.94. The Bertz CT molecular complexity index is 1090. The van der Waals surface area contributed by atoms with Crippen LogP contribution in [0.2, 0.25) is 0 Å². The van der Waals surface area contributed by atoms with Crippen molar-refractivity contribution in [2.75, 3.05) is 11.6 Å². The Morgan fingerprint density at radius 2 is 1.93 bits per heavy atom. The molecule has 2 aromatic heterocycles. The molecule has 0 atom stereocenters. The number of aryl methyl sites for hydroxylation is 1. The van der Waals surface area contributed by atoms with Gasteiger partial charge in [-0.25, -0.2) is 13.4 Å². The third-order valence-corrected chi connectivity index (χ3v) is 5.52. The van der Waals surface area contributed by atoms with Crippen LogP contribution in [0.5, 0.6) is 0 Å². The summed E-state index contributed by atoms with van der Waals surface area (Å²) in [6.07, 6.45) is 7.86. The van der Waals surface area contributed by atoms with E-state index in [1.54, 1.807) is 42.2 Å². The third kappa shape index (κ3) is 4.87. The van der Waals surface area contributed by atoms with E-state index in [4.69, 9.17) is 0 Å². The number of sulfone groups is 1. The van der Waals surface area contributed by atoms with Crippen molar-refractivity contribution in [3.05, 3.63) is 71.0 Å². The van der Waals surface area contributed by atoms with Gasteiger partial charge in [0.05, 0.1) is 4.90 Å². The third-order valence-electron chi connectivity index (χ3n) is 3.70. The number of amides is 1. The molecule has 27 heavy (non-hydrogen) atoms. The van der Waals surface area contributed by atoms with Gasteiger partial charge in [0.1, 0.15) is 0 Å². The molecule has 1 N–H and O–H groups in total. The standard InChI is InChI=1S/C19H17N3O3S2/c1-13-9-14(12-20-11-13)10-17(18(23)22-19-21-7-8-26-19)15-3-5-16(6-4-15)27(2,24)25/h3-12H,1-2H3,(H,21,22,23)/b17-10+. The molecule has 0 aliphatic carbocycles. The fourth-order valence-electron chi connectivity index (χ4n) is 2.44. The number of rotatable bonds is 5. The Kier molecular flexibility index (Phi) is 5.48. The highest BCUT2D eigenvalue weighted by Crippen LogP contribution is 2.23. The van der Waals surface area contributed by atoms with Crippen molar-refractivity contribution in [2.45, 2.75) is 11.8 Å². The number of nitrogens with one attached hydrogen (secondary N) is 1. The van der Waals surface area contributed by atoms with E-state index in [9.17, 15) is 13.2 Å². The Morgan fingerprint density at radius 1 is 1.19 bits per heavy atom. The van der Waals surface area contributed by atoms with Gasteiger partial charge < -0.3 is 0 Å². The molecule has 0 radical (unpaired) electrons. The quantitative estimate of drug-likeness (QED) is 0.664. The smallest absolute Gasteiger partial charge is 0.258 e. The SMILES string of the molecule is Cc1cncc(/C=C(/C(=O)Nc2nccs2)c2ccc(S(C)(=O)=O)cc2)c1. The van der Waals surface area contributed by atoms with Crippen molar-refractivity contribution in [1.29, 1.82) is 0 Å². The summed E-state index contributed by atoms with van der Waals surface area (Å²) in [6.45, 7) is 1.92. The van der Waals surface area contributed by atoms with Crippen molar-refractivity contribution in [3.63, 3.8) is 0 Å². The van der Waals surface area contributed by atoms with Gasteiger partial charge in [-0.1, -0.05) is 12.1 Å². The summed E-state index contributed by atoms with van der Waals surface area (Å²) in [4.78, 5) is 21.2. The largest absolute Gasteiger partial charge is 0.298 e.